The molecule has 144 valence electrons. The molecular formula is C21H20FN3O3. The Morgan fingerprint density at radius 1 is 1.29 bits per heavy atom. The molecule has 2 N–H and O–H groups in total. The molecular weight excluding hydrogens is 361 g/mol. The number of rotatable bonds is 4. The van der Waals surface area contributed by atoms with Crippen molar-refractivity contribution in [1.29, 1.82) is 0 Å². The van der Waals surface area contributed by atoms with Gasteiger partial charge < -0.3 is 10.2 Å². The third kappa shape index (κ3) is 3.24. The summed E-state index contributed by atoms with van der Waals surface area (Å²) in [5.74, 6) is -1.87. The Hall–Kier alpha value is -3.22. The first-order chi connectivity index (χ1) is 13.8. The molecule has 0 bridgehead atoms. The van der Waals surface area contributed by atoms with Crippen molar-refractivity contribution in [2.24, 2.45) is 0 Å². The summed E-state index contributed by atoms with van der Waals surface area (Å²) in [6.07, 6.45) is -0.0145. The molecule has 3 amide bonds. The predicted octanol–water partition coefficient (Wildman–Crippen LogP) is 2.51. The Labute approximate surface area is 163 Å². The number of piperidine rings is 1. The number of hydrogen-bond donors (Lipinski definition) is 2. The van der Waals surface area contributed by atoms with Gasteiger partial charge in [0.25, 0.3) is 5.91 Å². The van der Waals surface area contributed by atoms with E-state index in [0.29, 0.717) is 23.2 Å². The molecule has 1 fully saturated rings. The van der Waals surface area contributed by atoms with Gasteiger partial charge in [0.15, 0.2) is 0 Å². The van der Waals surface area contributed by atoms with Gasteiger partial charge >= 0.3 is 0 Å². The molecule has 2 heterocycles. The van der Waals surface area contributed by atoms with Gasteiger partial charge in [-0.15, -0.1) is 0 Å². The summed E-state index contributed by atoms with van der Waals surface area (Å²) in [6, 6.07) is 8.28. The number of carbonyl (C=O) groups is 3. The van der Waals surface area contributed by atoms with Crippen LogP contribution in [0.4, 0.5) is 10.1 Å². The van der Waals surface area contributed by atoms with Gasteiger partial charge in [-0.05, 0) is 42.7 Å². The molecule has 0 aliphatic carbocycles. The van der Waals surface area contributed by atoms with Gasteiger partial charge in [0.2, 0.25) is 11.8 Å². The molecule has 2 aromatic rings. The van der Waals surface area contributed by atoms with Gasteiger partial charge in [0.05, 0.1) is 1.37 Å². The number of nitrogens with zero attached hydrogens (tertiary/aromatic N) is 1. The zero-order valence-corrected chi connectivity index (χ0v) is 15.3. The Kier molecular flexibility index (Phi) is 4.27. The first-order valence-corrected chi connectivity index (χ1v) is 9.06. The number of carbonyl (C=O) groups excluding carboxylic acids is 3. The maximum Gasteiger partial charge on any atom is 0.255 e. The Morgan fingerprint density at radius 3 is 2.86 bits per heavy atom. The van der Waals surface area contributed by atoms with Gasteiger partial charge in [-0.25, -0.2) is 4.39 Å². The van der Waals surface area contributed by atoms with E-state index in [1.54, 1.807) is 31.2 Å². The van der Waals surface area contributed by atoms with E-state index in [9.17, 15) is 18.8 Å². The average molecular weight is 382 g/mol. The lowest BCUT2D eigenvalue weighted by Gasteiger charge is -2.29. The first-order valence-electron chi connectivity index (χ1n) is 9.56. The van der Waals surface area contributed by atoms with Crippen molar-refractivity contribution < 1.29 is 20.1 Å². The second-order valence-electron chi connectivity index (χ2n) is 6.98. The topological polar surface area (TPSA) is 78.5 Å². The number of imide groups is 1. The Morgan fingerprint density at radius 2 is 2.11 bits per heavy atom. The maximum absolute atomic E-state index is 13.5. The number of benzene rings is 2. The highest BCUT2D eigenvalue weighted by molar-refractivity contribution is 6.06. The number of aryl methyl sites for hydroxylation is 1. The van der Waals surface area contributed by atoms with Crippen molar-refractivity contribution in [3.8, 4) is 0 Å². The van der Waals surface area contributed by atoms with Crippen molar-refractivity contribution >= 4 is 23.4 Å². The van der Waals surface area contributed by atoms with Crippen molar-refractivity contribution in [3.05, 3.63) is 64.5 Å². The van der Waals surface area contributed by atoms with Crippen LogP contribution in [-0.4, -0.2) is 28.6 Å². The Bertz CT molecular complexity index is 1040. The van der Waals surface area contributed by atoms with E-state index in [2.05, 4.69) is 10.6 Å². The fourth-order valence-electron chi connectivity index (χ4n) is 3.59. The summed E-state index contributed by atoms with van der Waals surface area (Å²) in [5, 5.41) is 5.43. The average Bonchev–Trinajstić information content (AvgIpc) is 3.04. The molecule has 0 saturated carbocycles. The third-order valence-corrected chi connectivity index (χ3v) is 5.10. The van der Waals surface area contributed by atoms with E-state index in [1.807, 2.05) is 6.07 Å². The van der Waals surface area contributed by atoms with Crippen molar-refractivity contribution in [2.75, 3.05) is 5.32 Å². The zero-order valence-electron chi connectivity index (χ0n) is 16.3. The summed E-state index contributed by atoms with van der Waals surface area (Å²) >= 11 is 0. The monoisotopic (exact) mass is 382 g/mol. The molecule has 4 rings (SSSR count). The highest BCUT2D eigenvalue weighted by Crippen LogP contribution is 2.32. The molecule has 7 heteroatoms. The number of fused-ring (bicyclic) bond motifs is 1. The van der Waals surface area contributed by atoms with Gasteiger partial charge in [-0.3, -0.25) is 19.7 Å². The predicted molar refractivity (Wildman–Crippen MR) is 101 cm³/mol. The lowest BCUT2D eigenvalue weighted by atomic mass is 10.0. The van der Waals surface area contributed by atoms with Crippen LogP contribution in [0.3, 0.4) is 0 Å². The first kappa shape index (κ1) is 16.9. The van der Waals surface area contributed by atoms with E-state index in [1.165, 1.54) is 11.0 Å². The molecule has 0 radical (unpaired) electrons. The van der Waals surface area contributed by atoms with Crippen LogP contribution in [0.1, 0.15) is 41.3 Å². The van der Waals surface area contributed by atoms with E-state index >= 15 is 0 Å². The summed E-state index contributed by atoms with van der Waals surface area (Å²) in [4.78, 5) is 37.9. The molecule has 0 aromatic heterocycles. The van der Waals surface area contributed by atoms with Gasteiger partial charge in [0.1, 0.15) is 11.8 Å². The van der Waals surface area contributed by atoms with Crippen LogP contribution >= 0.6 is 0 Å². The minimum absolute atomic E-state index is 0.0182. The second-order valence-corrected chi connectivity index (χ2v) is 6.98. The minimum Gasteiger partial charge on any atom is -0.381 e. The lowest BCUT2D eigenvalue weighted by Crippen LogP contribution is -2.52. The smallest absolute Gasteiger partial charge is 0.255 e. The Balaban J connectivity index is 1.57. The molecule has 28 heavy (non-hydrogen) atoms. The number of halogens is 1. The van der Waals surface area contributed by atoms with Gasteiger partial charge in [0, 0.05) is 36.3 Å². The SMILES string of the molecule is [2H]C1(N2Cc3c(NCc4ccc(F)c(C)c4)cccc3C2=O)CCC(=O)NC1=O. The maximum atomic E-state index is 13.5. The van der Waals surface area contributed by atoms with E-state index in [-0.39, 0.29) is 25.2 Å². The lowest BCUT2D eigenvalue weighted by molar-refractivity contribution is -0.136. The summed E-state index contributed by atoms with van der Waals surface area (Å²) in [7, 11) is 0. The highest BCUT2D eigenvalue weighted by Gasteiger charge is 2.39. The minimum atomic E-state index is -1.81. The summed E-state index contributed by atoms with van der Waals surface area (Å²) in [5.41, 5.74) is 3.30. The van der Waals surface area contributed by atoms with Crippen LogP contribution in [0.15, 0.2) is 36.4 Å². The van der Waals surface area contributed by atoms with E-state index in [0.717, 1.165) is 11.3 Å². The van der Waals surface area contributed by atoms with Crippen LogP contribution in [-0.2, 0) is 22.7 Å². The zero-order chi connectivity index (χ0) is 20.8. The normalized spacial score (nSPS) is 22.0. The van der Waals surface area contributed by atoms with Crippen LogP contribution < -0.4 is 10.6 Å². The molecule has 1 saturated heterocycles. The summed E-state index contributed by atoms with van der Waals surface area (Å²) in [6.45, 7) is 2.24. The van der Waals surface area contributed by atoms with E-state index in [4.69, 9.17) is 1.37 Å². The van der Waals surface area contributed by atoms with Gasteiger partial charge in [-0.1, -0.05) is 18.2 Å². The number of hydrogen-bond acceptors (Lipinski definition) is 4. The van der Waals surface area contributed by atoms with Gasteiger partial charge in [-0.2, -0.15) is 0 Å². The fraction of sp³-hybridized carbons (Fsp3) is 0.286. The van der Waals surface area contributed by atoms with Crippen molar-refractivity contribution in [1.82, 2.24) is 10.2 Å². The number of amides is 3. The van der Waals surface area contributed by atoms with Crippen LogP contribution in [0.5, 0.6) is 0 Å². The standard InChI is InChI=1S/C21H20FN3O3/c1-12-9-13(5-6-16(12)22)10-23-17-4-2-3-14-15(17)11-25(21(14)28)18-7-8-19(26)24-20(18)27/h2-6,9,18,23H,7-8,10-11H2,1H3,(H,24,26,27)/i18D. The number of anilines is 1. The van der Waals surface area contributed by atoms with Crippen LogP contribution in [0, 0.1) is 12.7 Å². The number of nitrogens with one attached hydrogen (secondary N) is 2. The van der Waals surface area contributed by atoms with Crippen LogP contribution in [0.2, 0.25) is 0 Å². The van der Waals surface area contributed by atoms with Crippen molar-refractivity contribution in [3.63, 3.8) is 0 Å². The molecule has 2 aromatic carbocycles. The molecule has 1 unspecified atom stereocenters. The molecule has 1 atom stereocenters. The molecule has 2 aliphatic rings. The fourth-order valence-corrected chi connectivity index (χ4v) is 3.59. The van der Waals surface area contributed by atoms with Crippen LogP contribution in [0.25, 0.3) is 0 Å². The van der Waals surface area contributed by atoms with Crippen molar-refractivity contribution in [2.45, 2.75) is 38.9 Å². The van der Waals surface area contributed by atoms with E-state index < -0.39 is 23.7 Å². The molecule has 6 nitrogen and oxygen atoms in total. The third-order valence-electron chi connectivity index (χ3n) is 5.10. The second kappa shape index (κ2) is 7.07. The quantitative estimate of drug-likeness (QED) is 0.797. The summed E-state index contributed by atoms with van der Waals surface area (Å²) < 4.78 is 22.0. The molecule has 0 spiro atoms. The molecule has 2 aliphatic heterocycles. The largest absolute Gasteiger partial charge is 0.381 e. The highest BCUT2D eigenvalue weighted by atomic mass is 19.1.